The smallest absolute Gasteiger partial charge is 0.311 e. The fraction of sp³-hybridized carbons (Fsp3) is 0.917. The predicted octanol–water partition coefficient (Wildman–Crippen LogP) is 2.20. The van der Waals surface area contributed by atoms with Crippen LogP contribution in [0.5, 0.6) is 0 Å². The summed E-state index contributed by atoms with van der Waals surface area (Å²) in [5.74, 6) is 1.38. The molecule has 86 valence electrons. The molecule has 2 aliphatic rings. The van der Waals surface area contributed by atoms with Crippen molar-refractivity contribution in [3.8, 4) is 0 Å². The van der Waals surface area contributed by atoms with Gasteiger partial charge in [-0.05, 0) is 31.6 Å². The SMILES string of the molecule is CCO[C@H]1OC(=O)[C@H]2[C@H](CC[C@@H]2C)[C@@H]1C. The number of hydrogen-bond donors (Lipinski definition) is 0. The molecular formula is C12H20O3. The van der Waals surface area contributed by atoms with Gasteiger partial charge in [0.05, 0.1) is 5.92 Å². The van der Waals surface area contributed by atoms with Crippen LogP contribution in [-0.2, 0) is 14.3 Å². The lowest BCUT2D eigenvalue weighted by Gasteiger charge is -2.37. The second kappa shape index (κ2) is 4.12. The molecule has 0 N–H and O–H groups in total. The molecule has 0 aromatic carbocycles. The molecule has 2 fully saturated rings. The van der Waals surface area contributed by atoms with Crippen LogP contribution in [0.15, 0.2) is 0 Å². The van der Waals surface area contributed by atoms with Crippen molar-refractivity contribution in [1.82, 2.24) is 0 Å². The van der Waals surface area contributed by atoms with Crippen LogP contribution in [0.4, 0.5) is 0 Å². The van der Waals surface area contributed by atoms with Crippen LogP contribution >= 0.6 is 0 Å². The molecule has 0 bridgehead atoms. The van der Waals surface area contributed by atoms with Crippen molar-refractivity contribution in [3.05, 3.63) is 0 Å². The highest BCUT2D eigenvalue weighted by atomic mass is 16.7. The van der Waals surface area contributed by atoms with E-state index in [1.165, 1.54) is 0 Å². The lowest BCUT2D eigenvalue weighted by Crippen LogP contribution is -2.44. The van der Waals surface area contributed by atoms with Gasteiger partial charge in [0, 0.05) is 12.5 Å². The number of hydrogen-bond acceptors (Lipinski definition) is 3. The molecule has 0 aromatic heterocycles. The van der Waals surface area contributed by atoms with Crippen LogP contribution < -0.4 is 0 Å². The first-order valence-electron chi connectivity index (χ1n) is 5.97. The predicted molar refractivity (Wildman–Crippen MR) is 56.0 cm³/mol. The molecule has 15 heavy (non-hydrogen) atoms. The van der Waals surface area contributed by atoms with Crippen LogP contribution in [0.1, 0.15) is 33.6 Å². The van der Waals surface area contributed by atoms with Crippen LogP contribution in [0.25, 0.3) is 0 Å². The average Bonchev–Trinajstić information content (AvgIpc) is 2.57. The maximum atomic E-state index is 11.8. The molecule has 1 heterocycles. The van der Waals surface area contributed by atoms with Gasteiger partial charge in [0.2, 0.25) is 6.29 Å². The zero-order valence-corrected chi connectivity index (χ0v) is 9.73. The van der Waals surface area contributed by atoms with Gasteiger partial charge in [0.15, 0.2) is 0 Å². The first-order valence-corrected chi connectivity index (χ1v) is 5.97. The summed E-state index contributed by atoms with van der Waals surface area (Å²) in [4.78, 5) is 11.8. The first kappa shape index (κ1) is 10.9. The third-order valence-corrected chi connectivity index (χ3v) is 3.97. The lowest BCUT2D eigenvalue weighted by atomic mass is 9.80. The van der Waals surface area contributed by atoms with E-state index in [9.17, 15) is 4.79 Å². The fourth-order valence-corrected chi connectivity index (χ4v) is 3.09. The van der Waals surface area contributed by atoms with Crippen molar-refractivity contribution < 1.29 is 14.3 Å². The highest BCUT2D eigenvalue weighted by Crippen LogP contribution is 2.46. The van der Waals surface area contributed by atoms with Crippen LogP contribution in [0, 0.1) is 23.7 Å². The molecule has 1 saturated carbocycles. The summed E-state index contributed by atoms with van der Waals surface area (Å²) in [6.07, 6.45) is 1.98. The van der Waals surface area contributed by atoms with E-state index in [0.29, 0.717) is 24.4 Å². The van der Waals surface area contributed by atoms with E-state index in [1.54, 1.807) is 0 Å². The van der Waals surface area contributed by atoms with E-state index < -0.39 is 0 Å². The van der Waals surface area contributed by atoms with E-state index in [1.807, 2.05) is 6.92 Å². The minimum Gasteiger partial charge on any atom is -0.435 e. The summed E-state index contributed by atoms with van der Waals surface area (Å²) in [6, 6.07) is 0. The molecule has 1 aliphatic heterocycles. The Morgan fingerprint density at radius 3 is 2.80 bits per heavy atom. The molecule has 3 heteroatoms. The average molecular weight is 212 g/mol. The van der Waals surface area contributed by atoms with E-state index >= 15 is 0 Å². The van der Waals surface area contributed by atoms with Gasteiger partial charge < -0.3 is 9.47 Å². The number of rotatable bonds is 2. The van der Waals surface area contributed by atoms with E-state index in [0.717, 1.165) is 12.8 Å². The summed E-state index contributed by atoms with van der Waals surface area (Å²) < 4.78 is 10.8. The Kier molecular flexibility index (Phi) is 3.01. The van der Waals surface area contributed by atoms with Gasteiger partial charge in [-0.2, -0.15) is 0 Å². The minimum absolute atomic E-state index is 0.0402. The van der Waals surface area contributed by atoms with Gasteiger partial charge in [-0.25, -0.2) is 0 Å². The summed E-state index contributed by atoms with van der Waals surface area (Å²) >= 11 is 0. The largest absolute Gasteiger partial charge is 0.435 e. The molecule has 0 spiro atoms. The zero-order valence-electron chi connectivity index (χ0n) is 9.73. The Hall–Kier alpha value is -0.570. The van der Waals surface area contributed by atoms with Crippen LogP contribution in [0.3, 0.4) is 0 Å². The van der Waals surface area contributed by atoms with Gasteiger partial charge in [0.25, 0.3) is 0 Å². The monoisotopic (exact) mass is 212 g/mol. The Labute approximate surface area is 91.1 Å². The van der Waals surface area contributed by atoms with Gasteiger partial charge in [-0.3, -0.25) is 4.79 Å². The van der Waals surface area contributed by atoms with Crippen molar-refractivity contribution in [1.29, 1.82) is 0 Å². The second-order valence-electron chi connectivity index (χ2n) is 4.86. The van der Waals surface area contributed by atoms with Crippen LogP contribution in [0.2, 0.25) is 0 Å². The number of ether oxygens (including phenoxy) is 2. The van der Waals surface area contributed by atoms with Crippen molar-refractivity contribution in [2.24, 2.45) is 23.7 Å². The number of carbonyl (C=O) groups excluding carboxylic acids is 1. The molecule has 5 atom stereocenters. The fourth-order valence-electron chi connectivity index (χ4n) is 3.09. The number of carbonyl (C=O) groups is 1. The molecule has 2 rings (SSSR count). The number of fused-ring (bicyclic) bond motifs is 1. The third-order valence-electron chi connectivity index (χ3n) is 3.97. The summed E-state index contributed by atoms with van der Waals surface area (Å²) in [6.45, 7) is 6.83. The third kappa shape index (κ3) is 1.78. The molecule has 0 unspecified atom stereocenters. The molecular weight excluding hydrogens is 192 g/mol. The second-order valence-corrected chi connectivity index (χ2v) is 4.86. The number of esters is 1. The minimum atomic E-state index is -0.311. The Morgan fingerprint density at radius 2 is 2.13 bits per heavy atom. The normalized spacial score (nSPS) is 45.0. The van der Waals surface area contributed by atoms with Crippen molar-refractivity contribution in [2.75, 3.05) is 6.61 Å². The van der Waals surface area contributed by atoms with Crippen LogP contribution in [-0.4, -0.2) is 18.9 Å². The number of cyclic esters (lactones) is 1. The standard InChI is InChI=1S/C12H20O3/c1-4-14-12-8(3)9-6-5-7(2)10(9)11(13)15-12/h7-10,12H,4-6H2,1-3H3/t7-,8-,9+,10+,12-/m0/s1. The van der Waals surface area contributed by atoms with Gasteiger partial charge in [-0.1, -0.05) is 13.8 Å². The summed E-state index contributed by atoms with van der Waals surface area (Å²) in [5.41, 5.74) is 0. The van der Waals surface area contributed by atoms with Crippen molar-refractivity contribution >= 4 is 5.97 Å². The maximum absolute atomic E-state index is 11.8. The highest BCUT2D eigenvalue weighted by Gasteiger charge is 2.49. The Bertz CT molecular complexity index is 251. The molecule has 0 radical (unpaired) electrons. The van der Waals surface area contributed by atoms with E-state index in [4.69, 9.17) is 9.47 Å². The van der Waals surface area contributed by atoms with E-state index in [2.05, 4.69) is 13.8 Å². The van der Waals surface area contributed by atoms with E-state index in [-0.39, 0.29) is 18.2 Å². The van der Waals surface area contributed by atoms with Crippen molar-refractivity contribution in [3.63, 3.8) is 0 Å². The Balaban J connectivity index is 2.12. The topological polar surface area (TPSA) is 35.5 Å². The quantitative estimate of drug-likeness (QED) is 0.658. The molecule has 1 saturated heterocycles. The summed E-state index contributed by atoms with van der Waals surface area (Å²) in [7, 11) is 0. The van der Waals surface area contributed by atoms with Gasteiger partial charge in [-0.15, -0.1) is 0 Å². The lowest BCUT2D eigenvalue weighted by molar-refractivity contribution is -0.218. The zero-order chi connectivity index (χ0) is 11.0. The first-order chi connectivity index (χ1) is 7.15. The van der Waals surface area contributed by atoms with Gasteiger partial charge >= 0.3 is 5.97 Å². The molecule has 0 aromatic rings. The molecule has 0 amide bonds. The maximum Gasteiger partial charge on any atom is 0.311 e. The molecule has 3 nitrogen and oxygen atoms in total. The van der Waals surface area contributed by atoms with Gasteiger partial charge in [0.1, 0.15) is 0 Å². The van der Waals surface area contributed by atoms with Crippen molar-refractivity contribution in [2.45, 2.75) is 39.9 Å². The highest BCUT2D eigenvalue weighted by molar-refractivity contribution is 5.74. The molecule has 1 aliphatic carbocycles. The summed E-state index contributed by atoms with van der Waals surface area (Å²) in [5, 5.41) is 0. The Morgan fingerprint density at radius 1 is 1.40 bits per heavy atom.